The van der Waals surface area contributed by atoms with Gasteiger partial charge in [-0.2, -0.15) is 9.97 Å². The Bertz CT molecular complexity index is 5000. The molecule has 0 radical (unpaired) electrons. The molecule has 0 aliphatic rings. The molecule has 12 aromatic carbocycles. The van der Waals surface area contributed by atoms with Gasteiger partial charge in [-0.3, -0.25) is 14.0 Å². The van der Waals surface area contributed by atoms with Crippen LogP contribution in [0.4, 0.5) is 51.4 Å². The summed E-state index contributed by atoms with van der Waals surface area (Å²) >= 11 is 0. The van der Waals surface area contributed by atoms with E-state index in [-0.39, 0.29) is 0 Å². The van der Waals surface area contributed by atoms with Crippen molar-refractivity contribution in [3.05, 3.63) is 315 Å². The molecule has 396 valence electrons. The van der Waals surface area contributed by atoms with Crippen molar-refractivity contribution in [1.29, 1.82) is 0 Å². The van der Waals surface area contributed by atoms with Crippen LogP contribution in [-0.4, -0.2) is 23.7 Å². The van der Waals surface area contributed by atoms with Gasteiger partial charge in [-0.15, -0.1) is 0 Å². The Labute approximate surface area is 485 Å². The van der Waals surface area contributed by atoms with Crippen LogP contribution in [0.3, 0.4) is 0 Å². The summed E-state index contributed by atoms with van der Waals surface area (Å²) in [6.45, 7) is 0. The van der Waals surface area contributed by atoms with E-state index in [9.17, 15) is 0 Å². The van der Waals surface area contributed by atoms with E-state index in [2.05, 4.69) is 344 Å². The highest BCUT2D eigenvalue weighted by molar-refractivity contribution is 6.13. The maximum Gasteiger partial charge on any atom is 0.238 e. The molecule has 0 saturated heterocycles. The van der Waals surface area contributed by atoms with Gasteiger partial charge >= 0.3 is 0 Å². The number of fused-ring (bicyclic) bond motifs is 9. The van der Waals surface area contributed by atoms with E-state index >= 15 is 0 Å². The molecule has 0 spiro atoms. The van der Waals surface area contributed by atoms with Crippen molar-refractivity contribution in [2.45, 2.75) is 0 Å². The number of aromatic nitrogens is 5. The maximum absolute atomic E-state index is 5.83. The van der Waals surface area contributed by atoms with Gasteiger partial charge < -0.3 is 14.4 Å². The quantitative estimate of drug-likeness (QED) is 0.122. The molecule has 0 aliphatic carbocycles. The lowest BCUT2D eigenvalue weighted by molar-refractivity contribution is 0.967. The molecule has 84 heavy (non-hydrogen) atoms. The molecule has 0 amide bonds. The van der Waals surface area contributed by atoms with Crippen LogP contribution in [0.15, 0.2) is 315 Å². The van der Waals surface area contributed by atoms with Crippen molar-refractivity contribution in [2.24, 2.45) is 0 Å². The van der Waals surface area contributed by atoms with Gasteiger partial charge in [-0.1, -0.05) is 170 Å². The van der Waals surface area contributed by atoms with Crippen LogP contribution in [0.1, 0.15) is 0 Å². The third kappa shape index (κ3) is 8.15. The first-order valence-electron chi connectivity index (χ1n) is 28.4. The van der Waals surface area contributed by atoms with Crippen LogP contribution >= 0.6 is 0 Å². The number of para-hydroxylation sites is 9. The lowest BCUT2D eigenvalue weighted by Gasteiger charge is -2.26. The first-order chi connectivity index (χ1) is 41.7. The van der Waals surface area contributed by atoms with Gasteiger partial charge in [-0.25, -0.2) is 0 Å². The van der Waals surface area contributed by atoms with Crippen molar-refractivity contribution in [1.82, 2.24) is 23.7 Å². The molecule has 0 aliphatic heterocycles. The van der Waals surface area contributed by atoms with Gasteiger partial charge in [0, 0.05) is 89.6 Å². The Balaban J connectivity index is 0.975. The zero-order chi connectivity index (χ0) is 55.5. The van der Waals surface area contributed by atoms with E-state index in [1.807, 2.05) is 0 Å². The van der Waals surface area contributed by atoms with Gasteiger partial charge in [0.25, 0.3) is 0 Å². The molecule has 8 nitrogen and oxygen atoms in total. The van der Waals surface area contributed by atoms with Gasteiger partial charge in [0.15, 0.2) is 0 Å². The highest BCUT2D eigenvalue weighted by Crippen LogP contribution is 2.45. The minimum atomic E-state index is 0.513. The minimum Gasteiger partial charge on any atom is -0.310 e. The Morgan fingerprint density at radius 2 is 0.512 bits per heavy atom. The van der Waals surface area contributed by atoms with Gasteiger partial charge in [0.1, 0.15) is 11.6 Å². The second-order valence-electron chi connectivity index (χ2n) is 21.1. The highest BCUT2D eigenvalue weighted by Gasteiger charge is 2.26. The van der Waals surface area contributed by atoms with E-state index in [0.717, 1.165) is 122 Å². The van der Waals surface area contributed by atoms with E-state index in [0.29, 0.717) is 11.8 Å². The van der Waals surface area contributed by atoms with E-state index in [4.69, 9.17) is 9.97 Å². The predicted molar refractivity (Wildman–Crippen MR) is 349 cm³/mol. The van der Waals surface area contributed by atoms with Gasteiger partial charge in [0.05, 0.1) is 33.1 Å². The normalized spacial score (nSPS) is 11.6. The highest BCUT2D eigenvalue weighted by atomic mass is 15.3. The summed E-state index contributed by atoms with van der Waals surface area (Å²) in [7, 11) is 0. The average Bonchev–Trinajstić information content (AvgIpc) is 1.95. The molecule has 0 unspecified atom stereocenters. The molecule has 0 fully saturated rings. The molecule has 8 heteroatoms. The van der Waals surface area contributed by atoms with Crippen molar-refractivity contribution >= 4 is 117 Å². The molecular formula is C76H52N8. The topological polar surface area (TPSA) is 50.3 Å². The largest absolute Gasteiger partial charge is 0.310 e. The van der Waals surface area contributed by atoms with Crippen molar-refractivity contribution in [3.63, 3.8) is 0 Å². The van der Waals surface area contributed by atoms with Crippen LogP contribution in [0, 0.1) is 0 Å². The summed E-state index contributed by atoms with van der Waals surface area (Å²) in [5, 5.41) is 6.73. The number of rotatable bonds is 12. The van der Waals surface area contributed by atoms with Crippen LogP contribution in [0.2, 0.25) is 0 Å². The molecule has 16 rings (SSSR count). The second kappa shape index (κ2) is 20.3. The number of hydrogen-bond acceptors (Lipinski definition) is 5. The smallest absolute Gasteiger partial charge is 0.238 e. The summed E-state index contributed by atoms with van der Waals surface area (Å²) in [5.41, 5.74) is 15.6. The molecule has 4 heterocycles. The number of benzene rings is 12. The fourth-order valence-electron chi connectivity index (χ4n) is 12.5. The minimum absolute atomic E-state index is 0.513. The molecule has 4 aromatic heterocycles. The maximum atomic E-state index is 5.83. The molecule has 16 aromatic rings. The predicted octanol–water partition coefficient (Wildman–Crippen LogP) is 20.2. The van der Waals surface area contributed by atoms with Crippen LogP contribution in [0.25, 0.3) is 82.7 Å². The fourth-order valence-corrected chi connectivity index (χ4v) is 12.5. The zero-order valence-corrected chi connectivity index (χ0v) is 45.6. The lowest BCUT2D eigenvalue weighted by atomic mass is 10.1. The molecule has 0 atom stereocenters. The molecule has 0 N–H and O–H groups in total. The molecule has 0 saturated carbocycles. The third-order valence-electron chi connectivity index (χ3n) is 16.2. The van der Waals surface area contributed by atoms with Crippen LogP contribution in [0.5, 0.6) is 0 Å². The van der Waals surface area contributed by atoms with E-state index in [1.54, 1.807) is 0 Å². The fraction of sp³-hybridized carbons (Fsp3) is 0. The molecular weight excluding hydrogens is 1020 g/mol. The summed E-state index contributed by atoms with van der Waals surface area (Å²) in [6, 6.07) is 112. The van der Waals surface area contributed by atoms with Crippen molar-refractivity contribution in [2.75, 3.05) is 14.7 Å². The first kappa shape index (κ1) is 48.4. The summed E-state index contributed by atoms with van der Waals surface area (Å²) < 4.78 is 7.01. The summed E-state index contributed by atoms with van der Waals surface area (Å²) in [6.07, 6.45) is 0. The Morgan fingerprint density at radius 3 is 0.976 bits per heavy atom. The Morgan fingerprint density at radius 1 is 0.202 bits per heavy atom. The van der Waals surface area contributed by atoms with E-state index in [1.165, 1.54) is 0 Å². The second-order valence-corrected chi connectivity index (χ2v) is 21.1. The van der Waals surface area contributed by atoms with Gasteiger partial charge in [0.2, 0.25) is 5.95 Å². The standard InChI is InChI=1S/C76H52N8/c1-7-25-53(26-8-1)79(54-27-9-2-10-28-54)59-44-48-72-67(49-59)64-39-21-24-42-70(64)83(72)74-52-75(84-69-41-23-19-37-62(69)65-46-43-61(51-73(65)84)80(55-29-11-3-12-30-55)56-31-13-4-14-32-56)78-76(77-74)81(57-33-15-5-16-34-57)60-45-47-71-66(50-60)63-38-20-22-40-68(63)82(71)58-35-17-6-18-36-58/h1-52H. The average molecular weight is 1080 g/mol. The zero-order valence-electron chi connectivity index (χ0n) is 45.6. The van der Waals surface area contributed by atoms with Gasteiger partial charge in [-0.05, 0) is 140 Å². The monoisotopic (exact) mass is 1080 g/mol. The van der Waals surface area contributed by atoms with Crippen molar-refractivity contribution < 1.29 is 0 Å². The number of nitrogens with zero attached hydrogens (tertiary/aromatic N) is 8. The first-order valence-corrected chi connectivity index (χ1v) is 28.4. The van der Waals surface area contributed by atoms with Crippen molar-refractivity contribution in [3.8, 4) is 17.3 Å². The SMILES string of the molecule is c1ccc(N(c2ccccc2)c2ccc3c(c2)c2ccccc2n3-c2cc(-n3c4ccccc4c4ccc(N(c5ccccc5)c5ccccc5)cc43)nc(N(c3ccccc3)c3ccc4c(c3)c3ccccc3n4-c3ccccc3)n2)cc1. The van der Waals surface area contributed by atoms with E-state index < -0.39 is 0 Å². The van der Waals surface area contributed by atoms with Crippen LogP contribution in [-0.2, 0) is 0 Å². The molecule has 0 bridgehead atoms. The van der Waals surface area contributed by atoms with Crippen LogP contribution < -0.4 is 14.7 Å². The number of anilines is 9. The Kier molecular flexibility index (Phi) is 11.7. The number of hydrogen-bond donors (Lipinski definition) is 0. The third-order valence-corrected chi connectivity index (χ3v) is 16.2. The lowest BCUT2D eigenvalue weighted by Crippen LogP contribution is -2.16. The summed E-state index contributed by atoms with van der Waals surface area (Å²) in [4.78, 5) is 18.5. The summed E-state index contributed by atoms with van der Waals surface area (Å²) in [5.74, 6) is 1.95. The Hall–Kier alpha value is -11.5.